The van der Waals surface area contributed by atoms with Crippen LogP contribution in [0, 0.1) is 0 Å². The monoisotopic (exact) mass is 698 g/mol. The largest absolute Gasteiger partial charge is 0.493 e. The summed E-state index contributed by atoms with van der Waals surface area (Å²) in [6, 6.07) is 11.9. The van der Waals surface area contributed by atoms with Gasteiger partial charge in [0.05, 0.1) is 38.3 Å². The molecule has 2 fully saturated rings. The second-order valence-electron chi connectivity index (χ2n) is 12.6. The first-order chi connectivity index (χ1) is 24.7. The topological polar surface area (TPSA) is 157 Å². The number of aliphatic imine (C=N–C) groups is 1. The minimum absolute atomic E-state index is 0.172. The molecule has 4 heterocycles. The molecule has 0 radical (unpaired) electrons. The Hall–Kier alpha value is -5.47. The van der Waals surface area contributed by atoms with Crippen LogP contribution in [-0.4, -0.2) is 104 Å². The van der Waals surface area contributed by atoms with Crippen molar-refractivity contribution in [2.45, 2.75) is 31.7 Å². The van der Waals surface area contributed by atoms with E-state index >= 15 is 0 Å². The van der Waals surface area contributed by atoms with Gasteiger partial charge in [0.15, 0.2) is 23.5 Å². The summed E-state index contributed by atoms with van der Waals surface area (Å²) in [6.07, 6.45) is 6.97. The van der Waals surface area contributed by atoms with Gasteiger partial charge in [-0.3, -0.25) is 29.1 Å². The molecule has 0 saturated carbocycles. The van der Waals surface area contributed by atoms with E-state index in [1.165, 1.54) is 7.11 Å². The van der Waals surface area contributed by atoms with Gasteiger partial charge >= 0.3 is 0 Å². The zero-order valence-corrected chi connectivity index (χ0v) is 29.0. The molecule has 14 nitrogen and oxygen atoms in total. The van der Waals surface area contributed by atoms with Crippen molar-refractivity contribution in [1.82, 2.24) is 14.4 Å². The Balaban J connectivity index is 1.01. The molecule has 2 aliphatic heterocycles. The Morgan fingerprint density at radius 3 is 2.57 bits per heavy atom. The van der Waals surface area contributed by atoms with Gasteiger partial charge in [0, 0.05) is 67.7 Å². The summed E-state index contributed by atoms with van der Waals surface area (Å²) in [7, 11) is 5.27. The second kappa shape index (κ2) is 16.0. The molecule has 3 amide bonds. The minimum atomic E-state index is -0.368. The van der Waals surface area contributed by atoms with Crippen molar-refractivity contribution in [3.63, 3.8) is 0 Å². The number of carbonyl (C=O) groups is 4. The summed E-state index contributed by atoms with van der Waals surface area (Å²) in [6.45, 7) is 3.24. The van der Waals surface area contributed by atoms with Crippen LogP contribution in [0.2, 0.25) is 0 Å². The number of methoxy groups -OCH3 is 1. The molecule has 268 valence electrons. The SMILES string of the molecule is COc1cc(C=O)c(N=CC2CCCN2C)cc1OCCCC(=O)Nc1cc(C(=O)Nc2ccc3oc(C(=O)N4CCOCC4)cc3c2)n(C)c1. The van der Waals surface area contributed by atoms with E-state index in [1.54, 1.807) is 65.2 Å². The smallest absolute Gasteiger partial charge is 0.289 e. The summed E-state index contributed by atoms with van der Waals surface area (Å²) in [5.41, 5.74) is 2.78. The van der Waals surface area contributed by atoms with E-state index in [0.717, 1.165) is 25.7 Å². The number of fused-ring (bicyclic) bond motifs is 1. The third-order valence-electron chi connectivity index (χ3n) is 9.01. The molecule has 0 aliphatic carbocycles. The van der Waals surface area contributed by atoms with E-state index in [1.807, 2.05) is 6.21 Å². The highest BCUT2D eigenvalue weighted by Gasteiger charge is 2.23. The fraction of sp³-hybridized carbons (Fsp3) is 0.378. The van der Waals surface area contributed by atoms with E-state index in [2.05, 4.69) is 27.6 Å². The van der Waals surface area contributed by atoms with Crippen LogP contribution < -0.4 is 20.1 Å². The van der Waals surface area contributed by atoms with Gasteiger partial charge < -0.3 is 38.7 Å². The zero-order valence-electron chi connectivity index (χ0n) is 29.0. The maximum Gasteiger partial charge on any atom is 0.289 e. The summed E-state index contributed by atoms with van der Waals surface area (Å²) in [4.78, 5) is 59.0. The Morgan fingerprint density at radius 2 is 1.82 bits per heavy atom. The van der Waals surface area contributed by atoms with Gasteiger partial charge in [-0.2, -0.15) is 0 Å². The van der Waals surface area contributed by atoms with E-state index in [0.29, 0.717) is 83.5 Å². The van der Waals surface area contributed by atoms with Crippen molar-refractivity contribution in [1.29, 1.82) is 0 Å². The Kier molecular flexibility index (Phi) is 11.1. The molecule has 51 heavy (non-hydrogen) atoms. The fourth-order valence-corrected chi connectivity index (χ4v) is 6.18. The van der Waals surface area contributed by atoms with Crippen LogP contribution in [0.1, 0.15) is 57.1 Å². The number of hydrogen-bond acceptors (Lipinski definition) is 10. The predicted octanol–water partition coefficient (Wildman–Crippen LogP) is 4.91. The van der Waals surface area contributed by atoms with Gasteiger partial charge in [0.1, 0.15) is 11.3 Å². The van der Waals surface area contributed by atoms with Crippen LogP contribution in [0.5, 0.6) is 11.5 Å². The molecule has 6 rings (SSSR count). The van der Waals surface area contributed by atoms with E-state index in [9.17, 15) is 19.2 Å². The van der Waals surface area contributed by atoms with Gasteiger partial charge in [-0.25, -0.2) is 0 Å². The highest BCUT2D eigenvalue weighted by Crippen LogP contribution is 2.35. The van der Waals surface area contributed by atoms with Crippen LogP contribution in [0.3, 0.4) is 0 Å². The number of aldehydes is 1. The number of hydrogen-bond donors (Lipinski definition) is 2. The van der Waals surface area contributed by atoms with Gasteiger partial charge in [0.2, 0.25) is 5.91 Å². The van der Waals surface area contributed by atoms with Gasteiger partial charge in [-0.15, -0.1) is 0 Å². The quantitative estimate of drug-likeness (QED) is 0.113. The average molecular weight is 699 g/mol. The highest BCUT2D eigenvalue weighted by atomic mass is 16.5. The van der Waals surface area contributed by atoms with Crippen LogP contribution in [0.4, 0.5) is 17.1 Å². The lowest BCUT2D eigenvalue weighted by molar-refractivity contribution is -0.116. The van der Waals surface area contributed by atoms with E-state index in [4.69, 9.17) is 18.6 Å². The second-order valence-corrected chi connectivity index (χ2v) is 12.6. The Bertz CT molecular complexity index is 1940. The van der Waals surface area contributed by atoms with Crippen molar-refractivity contribution in [3.05, 3.63) is 65.7 Å². The number of nitrogens with zero attached hydrogens (tertiary/aromatic N) is 4. The van der Waals surface area contributed by atoms with Gasteiger partial charge in [-0.1, -0.05) is 0 Å². The first-order valence-corrected chi connectivity index (χ1v) is 16.9. The molecule has 14 heteroatoms. The molecule has 0 spiro atoms. The number of ether oxygens (including phenoxy) is 3. The zero-order chi connectivity index (χ0) is 35.9. The number of anilines is 2. The number of amides is 3. The molecular formula is C37H42N6O8. The number of aryl methyl sites for hydroxylation is 1. The maximum atomic E-state index is 13.2. The number of benzene rings is 2. The summed E-state index contributed by atoms with van der Waals surface area (Å²) >= 11 is 0. The number of aromatic nitrogens is 1. The van der Waals surface area contributed by atoms with Crippen LogP contribution >= 0.6 is 0 Å². The molecule has 2 aromatic heterocycles. The van der Waals surface area contributed by atoms with Crippen LogP contribution in [-0.2, 0) is 16.6 Å². The fourth-order valence-electron chi connectivity index (χ4n) is 6.18. The van der Waals surface area contributed by atoms with Crippen molar-refractivity contribution in [2.75, 3.05) is 64.2 Å². The van der Waals surface area contributed by atoms with Crippen molar-refractivity contribution >= 4 is 58.3 Å². The van der Waals surface area contributed by atoms with Gasteiger partial charge in [-0.05, 0) is 69.3 Å². The molecule has 2 N–H and O–H groups in total. The number of morpholine rings is 1. The third-order valence-corrected chi connectivity index (χ3v) is 9.01. The number of carbonyl (C=O) groups excluding carboxylic acids is 4. The van der Waals surface area contributed by atoms with Gasteiger partial charge in [0.25, 0.3) is 11.8 Å². The minimum Gasteiger partial charge on any atom is -0.493 e. The number of rotatable bonds is 13. The number of nitrogens with one attached hydrogen (secondary N) is 2. The Morgan fingerprint density at radius 1 is 1.00 bits per heavy atom. The molecule has 0 bridgehead atoms. The lowest BCUT2D eigenvalue weighted by Crippen LogP contribution is -2.40. The van der Waals surface area contributed by atoms with E-state index < -0.39 is 0 Å². The first-order valence-electron chi connectivity index (χ1n) is 16.9. The summed E-state index contributed by atoms with van der Waals surface area (Å²) < 4.78 is 24.1. The van der Waals surface area contributed by atoms with E-state index in [-0.39, 0.29) is 42.6 Å². The standard InChI is InChI=1S/C37H42N6O8/c1-41-10-4-6-28(41)21-38-29-20-33(32(48-3)18-25(29)23-44)50-13-5-7-35(45)39-27-19-30(42(2)22-27)36(46)40-26-8-9-31-24(16-26)17-34(51-31)37(47)43-11-14-49-15-12-43/h8-9,16-23,28H,4-7,10-15H2,1-3H3,(H,39,45)(H,40,46). The Labute approximate surface area is 295 Å². The lowest BCUT2D eigenvalue weighted by atomic mass is 10.1. The molecule has 1 unspecified atom stereocenters. The van der Waals surface area contributed by atoms with Crippen LogP contribution in [0.25, 0.3) is 11.0 Å². The molecule has 1 atom stereocenters. The normalized spacial score (nSPS) is 16.5. The third kappa shape index (κ3) is 8.47. The molecular weight excluding hydrogens is 656 g/mol. The molecule has 2 aliphatic rings. The molecule has 4 aromatic rings. The summed E-state index contributed by atoms with van der Waals surface area (Å²) in [5.74, 6) is 0.272. The number of furan rings is 1. The molecule has 2 saturated heterocycles. The predicted molar refractivity (Wildman–Crippen MR) is 192 cm³/mol. The van der Waals surface area contributed by atoms with Crippen molar-refractivity contribution in [3.8, 4) is 11.5 Å². The maximum absolute atomic E-state index is 13.2. The highest BCUT2D eigenvalue weighted by molar-refractivity contribution is 6.05. The average Bonchev–Trinajstić information content (AvgIpc) is 3.86. The van der Waals surface area contributed by atoms with Crippen LogP contribution in [0.15, 0.2) is 58.1 Å². The summed E-state index contributed by atoms with van der Waals surface area (Å²) in [5, 5.41) is 6.41. The molecule has 2 aromatic carbocycles. The first kappa shape index (κ1) is 35.4. The van der Waals surface area contributed by atoms with Crippen molar-refractivity contribution in [2.24, 2.45) is 12.0 Å². The number of likely N-dealkylation sites (tertiary alicyclic amines) is 1. The lowest BCUT2D eigenvalue weighted by Gasteiger charge is -2.25. The van der Waals surface area contributed by atoms with Crippen molar-refractivity contribution < 1.29 is 37.8 Å².